The molecule has 2 amide bonds. The van der Waals surface area contributed by atoms with E-state index in [0.717, 1.165) is 16.0 Å². The Kier molecular flexibility index (Phi) is 5.30. The molecule has 2 saturated heterocycles. The summed E-state index contributed by atoms with van der Waals surface area (Å²) in [4.78, 5) is 66.9. The summed E-state index contributed by atoms with van der Waals surface area (Å²) in [5.41, 5.74) is 2.61. The van der Waals surface area contributed by atoms with Crippen LogP contribution in [0.15, 0.2) is 79.0 Å². The highest BCUT2D eigenvalue weighted by molar-refractivity contribution is 6.24. The van der Waals surface area contributed by atoms with E-state index in [1.807, 2.05) is 30.3 Å². The molecular weight excluding hydrogens is 486 g/mol. The number of ketones is 2. The van der Waals surface area contributed by atoms with Crippen LogP contribution in [-0.2, 0) is 9.59 Å². The van der Waals surface area contributed by atoms with Gasteiger partial charge in [-0.05, 0) is 60.5 Å². The Morgan fingerprint density at radius 1 is 0.842 bits per heavy atom. The Hall–Kier alpha value is -4.92. The number of nitro groups is 1. The SMILES string of the molecule is CC(=O)c1ccc(N2C(=O)[C@@H]3[C@H](C2=O)[C@H]2c4ccccc4C=CN2[C@@H]3C(=O)c2ccc([N+](=O)[O-])cc2)cc1. The van der Waals surface area contributed by atoms with Crippen molar-refractivity contribution in [3.8, 4) is 0 Å². The van der Waals surface area contributed by atoms with Gasteiger partial charge < -0.3 is 4.90 Å². The predicted octanol–water partition coefficient (Wildman–Crippen LogP) is 4.20. The molecule has 0 aromatic heterocycles. The first-order valence-corrected chi connectivity index (χ1v) is 12.1. The summed E-state index contributed by atoms with van der Waals surface area (Å²) in [6.45, 7) is 1.43. The molecule has 3 aromatic rings. The minimum absolute atomic E-state index is 0.137. The van der Waals surface area contributed by atoms with Crippen molar-refractivity contribution in [1.29, 1.82) is 0 Å². The molecule has 0 spiro atoms. The Balaban J connectivity index is 1.45. The van der Waals surface area contributed by atoms with Crippen molar-refractivity contribution in [2.24, 2.45) is 11.8 Å². The molecule has 6 rings (SSSR count). The Morgan fingerprint density at radius 3 is 2.13 bits per heavy atom. The lowest BCUT2D eigenvalue weighted by Crippen LogP contribution is -2.44. The maximum absolute atomic E-state index is 13.9. The summed E-state index contributed by atoms with van der Waals surface area (Å²) < 4.78 is 0. The molecule has 3 aromatic carbocycles. The molecule has 0 bridgehead atoms. The van der Waals surface area contributed by atoms with Gasteiger partial charge in [0, 0.05) is 29.5 Å². The van der Waals surface area contributed by atoms with E-state index in [4.69, 9.17) is 0 Å². The number of nitrogens with zero attached hydrogens (tertiary/aromatic N) is 3. The molecule has 4 atom stereocenters. The molecule has 0 radical (unpaired) electrons. The molecule has 0 N–H and O–H groups in total. The van der Waals surface area contributed by atoms with E-state index in [1.54, 1.807) is 35.4 Å². The Morgan fingerprint density at radius 2 is 1.47 bits per heavy atom. The van der Waals surface area contributed by atoms with Gasteiger partial charge in [0.15, 0.2) is 11.6 Å². The fourth-order valence-corrected chi connectivity index (χ4v) is 5.87. The topological polar surface area (TPSA) is 118 Å². The van der Waals surface area contributed by atoms with Gasteiger partial charge in [-0.25, -0.2) is 4.90 Å². The molecule has 188 valence electrons. The number of Topliss-reactive ketones (excluding diaryl/α,β-unsaturated/α-hetero) is 2. The summed E-state index contributed by atoms with van der Waals surface area (Å²) in [6.07, 6.45) is 3.61. The van der Waals surface area contributed by atoms with Crippen LogP contribution in [0.1, 0.15) is 44.8 Å². The lowest BCUT2D eigenvalue weighted by Gasteiger charge is -2.35. The zero-order chi connectivity index (χ0) is 26.7. The van der Waals surface area contributed by atoms with Gasteiger partial charge in [0.05, 0.1) is 28.5 Å². The molecule has 3 aliphatic heterocycles. The van der Waals surface area contributed by atoms with Gasteiger partial charge in [0.2, 0.25) is 11.8 Å². The van der Waals surface area contributed by atoms with Gasteiger partial charge in [0.25, 0.3) is 5.69 Å². The van der Waals surface area contributed by atoms with Crippen molar-refractivity contribution >= 4 is 40.8 Å². The zero-order valence-corrected chi connectivity index (χ0v) is 20.2. The number of hydrogen-bond donors (Lipinski definition) is 0. The van der Waals surface area contributed by atoms with Crippen LogP contribution in [0.3, 0.4) is 0 Å². The quantitative estimate of drug-likeness (QED) is 0.220. The number of amides is 2. The van der Waals surface area contributed by atoms with Crippen molar-refractivity contribution in [3.05, 3.63) is 111 Å². The summed E-state index contributed by atoms with van der Waals surface area (Å²) in [5.74, 6) is -3.20. The lowest BCUT2D eigenvalue weighted by molar-refractivity contribution is -0.384. The fraction of sp³-hybridized carbons (Fsp3) is 0.172. The largest absolute Gasteiger partial charge is 0.358 e. The Bertz CT molecular complexity index is 1560. The highest BCUT2D eigenvalue weighted by atomic mass is 16.6. The molecule has 3 heterocycles. The van der Waals surface area contributed by atoms with Gasteiger partial charge in [-0.1, -0.05) is 24.3 Å². The van der Waals surface area contributed by atoms with E-state index in [9.17, 15) is 29.3 Å². The van der Waals surface area contributed by atoms with Crippen LogP contribution in [0.2, 0.25) is 0 Å². The molecule has 9 nitrogen and oxygen atoms in total. The van der Waals surface area contributed by atoms with E-state index < -0.39 is 46.4 Å². The highest BCUT2D eigenvalue weighted by Gasteiger charge is 2.64. The third kappa shape index (κ3) is 3.39. The first-order chi connectivity index (χ1) is 18.3. The number of rotatable bonds is 5. The Labute approximate surface area is 217 Å². The van der Waals surface area contributed by atoms with Crippen molar-refractivity contribution in [3.63, 3.8) is 0 Å². The van der Waals surface area contributed by atoms with Gasteiger partial charge >= 0.3 is 0 Å². The maximum atomic E-state index is 13.9. The van der Waals surface area contributed by atoms with Gasteiger partial charge in [-0.15, -0.1) is 0 Å². The van der Waals surface area contributed by atoms with Crippen LogP contribution in [-0.4, -0.2) is 39.2 Å². The fourth-order valence-electron chi connectivity index (χ4n) is 5.87. The number of carbonyl (C=O) groups excluding carboxylic acids is 4. The van der Waals surface area contributed by atoms with Crippen molar-refractivity contribution in [2.45, 2.75) is 19.0 Å². The third-order valence-corrected chi connectivity index (χ3v) is 7.62. The minimum atomic E-state index is -0.978. The van der Waals surface area contributed by atoms with E-state index in [1.165, 1.54) is 31.2 Å². The van der Waals surface area contributed by atoms with Crippen LogP contribution in [0, 0.1) is 22.0 Å². The maximum Gasteiger partial charge on any atom is 0.269 e. The molecular formula is C29H21N3O6. The predicted molar refractivity (Wildman–Crippen MR) is 137 cm³/mol. The van der Waals surface area contributed by atoms with Crippen molar-refractivity contribution in [1.82, 2.24) is 4.90 Å². The molecule has 0 unspecified atom stereocenters. The molecule has 0 aliphatic carbocycles. The molecule has 2 fully saturated rings. The van der Waals surface area contributed by atoms with Gasteiger partial charge in [-0.2, -0.15) is 0 Å². The first kappa shape index (κ1) is 23.5. The van der Waals surface area contributed by atoms with E-state index in [2.05, 4.69) is 0 Å². The molecule has 3 aliphatic rings. The lowest BCUT2D eigenvalue weighted by atomic mass is 9.83. The molecule has 38 heavy (non-hydrogen) atoms. The number of imide groups is 1. The average molecular weight is 508 g/mol. The zero-order valence-electron chi connectivity index (χ0n) is 20.2. The monoisotopic (exact) mass is 507 g/mol. The van der Waals surface area contributed by atoms with Crippen molar-refractivity contribution < 1.29 is 24.1 Å². The van der Waals surface area contributed by atoms with Crippen LogP contribution in [0.5, 0.6) is 0 Å². The molecule has 0 saturated carbocycles. The summed E-state index contributed by atoms with van der Waals surface area (Å²) >= 11 is 0. The smallest absolute Gasteiger partial charge is 0.269 e. The summed E-state index contributed by atoms with van der Waals surface area (Å²) in [7, 11) is 0. The summed E-state index contributed by atoms with van der Waals surface area (Å²) in [5, 5.41) is 11.1. The number of benzene rings is 3. The number of hydrogen-bond acceptors (Lipinski definition) is 7. The highest BCUT2D eigenvalue weighted by Crippen LogP contribution is 2.53. The number of fused-ring (bicyclic) bond motifs is 5. The first-order valence-electron chi connectivity index (χ1n) is 12.1. The second-order valence-corrected chi connectivity index (χ2v) is 9.62. The minimum Gasteiger partial charge on any atom is -0.358 e. The van der Waals surface area contributed by atoms with E-state index in [-0.39, 0.29) is 17.0 Å². The third-order valence-electron chi connectivity index (χ3n) is 7.62. The van der Waals surface area contributed by atoms with Gasteiger partial charge in [-0.3, -0.25) is 29.3 Å². The van der Waals surface area contributed by atoms with Crippen LogP contribution in [0.4, 0.5) is 11.4 Å². The average Bonchev–Trinajstić information content (AvgIpc) is 3.40. The van der Waals surface area contributed by atoms with Gasteiger partial charge in [0.1, 0.15) is 6.04 Å². The normalized spacial score (nSPS) is 23.2. The number of carbonyl (C=O) groups is 4. The number of non-ortho nitro benzene ring substituents is 1. The second kappa shape index (κ2) is 8.58. The standard InChI is InChI=1S/C29H21N3O6/c1-16(33)17-6-10-20(11-7-17)31-28(35)23-24(29(31)36)26(27(34)19-8-12-21(13-9-19)32(37)38)30-15-14-18-4-2-3-5-22(18)25(23)30/h2-15,23-26H,1H3/t23-,24+,25+,26-/m0/s1. The summed E-state index contributed by atoms with van der Waals surface area (Å²) in [6, 6.07) is 17.6. The van der Waals surface area contributed by atoms with E-state index >= 15 is 0 Å². The van der Waals surface area contributed by atoms with Crippen LogP contribution in [0.25, 0.3) is 6.08 Å². The van der Waals surface area contributed by atoms with Crippen molar-refractivity contribution in [2.75, 3.05) is 4.90 Å². The number of anilines is 1. The van der Waals surface area contributed by atoms with Crippen LogP contribution < -0.4 is 4.90 Å². The number of nitro benzene ring substituents is 1. The van der Waals surface area contributed by atoms with Crippen LogP contribution >= 0.6 is 0 Å². The second-order valence-electron chi connectivity index (χ2n) is 9.62. The molecule has 9 heteroatoms. The van der Waals surface area contributed by atoms with E-state index in [0.29, 0.717) is 11.3 Å².